The zero-order valence-corrected chi connectivity index (χ0v) is 15.5. The number of hydrogen-bond acceptors (Lipinski definition) is 5. The van der Waals surface area contributed by atoms with Crippen LogP contribution in [-0.4, -0.2) is 19.3 Å². The number of rotatable bonds is 4. The average Bonchev–Trinajstić information content (AvgIpc) is 2.61. The molecular weight excluding hydrogens is 388 g/mol. The van der Waals surface area contributed by atoms with Gasteiger partial charge in [-0.15, -0.1) is 0 Å². The SMILES string of the molecule is NC(=O)c1c(N)c(-c2ccccc2)cc(-c2ccc(Cl)nc2)c1S(N)(=O)=O. The van der Waals surface area contributed by atoms with Gasteiger partial charge in [-0.05, 0) is 23.8 Å². The van der Waals surface area contributed by atoms with Crippen molar-refractivity contribution in [2.45, 2.75) is 4.90 Å². The number of nitrogens with zero attached hydrogens (tertiary/aromatic N) is 1. The number of benzene rings is 2. The third kappa shape index (κ3) is 3.63. The summed E-state index contributed by atoms with van der Waals surface area (Å²) in [5.74, 6) is -1.00. The Morgan fingerprint density at radius 1 is 1.00 bits per heavy atom. The van der Waals surface area contributed by atoms with Crippen molar-refractivity contribution >= 4 is 33.2 Å². The Balaban J connectivity index is 2.48. The molecule has 1 aromatic heterocycles. The smallest absolute Gasteiger partial charge is 0.252 e. The number of carbonyl (C=O) groups excluding carboxylic acids is 1. The fourth-order valence-electron chi connectivity index (χ4n) is 2.83. The highest BCUT2D eigenvalue weighted by Gasteiger charge is 2.28. The van der Waals surface area contributed by atoms with Gasteiger partial charge in [-0.1, -0.05) is 41.9 Å². The number of carbonyl (C=O) groups is 1. The van der Waals surface area contributed by atoms with Crippen molar-refractivity contribution in [1.82, 2.24) is 4.98 Å². The van der Waals surface area contributed by atoms with E-state index in [0.29, 0.717) is 16.7 Å². The number of pyridine rings is 1. The molecule has 0 fully saturated rings. The van der Waals surface area contributed by atoms with E-state index in [1.54, 1.807) is 36.4 Å². The summed E-state index contributed by atoms with van der Waals surface area (Å²) in [4.78, 5) is 15.6. The van der Waals surface area contributed by atoms with Gasteiger partial charge in [-0.25, -0.2) is 18.5 Å². The Bertz CT molecular complexity index is 1130. The van der Waals surface area contributed by atoms with Crippen LogP contribution in [0.2, 0.25) is 5.15 Å². The maximum Gasteiger partial charge on any atom is 0.252 e. The number of nitrogen functional groups attached to an aromatic ring is 1. The van der Waals surface area contributed by atoms with Gasteiger partial charge in [0.2, 0.25) is 10.0 Å². The summed E-state index contributed by atoms with van der Waals surface area (Å²) in [6.45, 7) is 0. The topological polar surface area (TPSA) is 142 Å². The summed E-state index contributed by atoms with van der Waals surface area (Å²) in [6, 6.07) is 13.5. The standard InChI is InChI=1S/C18H15ClN4O3S/c19-14-7-6-11(9-23-14)13-8-12(10-4-2-1-3-5-10)16(20)15(18(21)24)17(13)27(22,25)26/h1-9H,20H2,(H2,21,24)(H2,22,25,26). The Kier molecular flexibility index (Phi) is 4.88. The van der Waals surface area contributed by atoms with E-state index in [0.717, 1.165) is 0 Å². The van der Waals surface area contributed by atoms with Crippen LogP contribution in [0, 0.1) is 0 Å². The first-order valence-electron chi connectivity index (χ1n) is 7.66. The molecule has 0 aliphatic carbocycles. The molecule has 0 radical (unpaired) electrons. The monoisotopic (exact) mass is 402 g/mol. The number of primary amides is 1. The van der Waals surface area contributed by atoms with Gasteiger partial charge in [0.25, 0.3) is 5.91 Å². The average molecular weight is 403 g/mol. The van der Waals surface area contributed by atoms with E-state index in [1.165, 1.54) is 12.3 Å². The highest BCUT2D eigenvalue weighted by Crippen LogP contribution is 2.39. The van der Waals surface area contributed by atoms with E-state index in [4.69, 9.17) is 28.2 Å². The third-order valence-corrected chi connectivity index (χ3v) is 5.19. The van der Waals surface area contributed by atoms with E-state index in [-0.39, 0.29) is 22.0 Å². The summed E-state index contributed by atoms with van der Waals surface area (Å²) in [5, 5.41) is 5.61. The Morgan fingerprint density at radius 2 is 1.67 bits per heavy atom. The van der Waals surface area contributed by atoms with E-state index in [1.807, 2.05) is 6.07 Å². The number of hydrogen-bond donors (Lipinski definition) is 3. The van der Waals surface area contributed by atoms with Crippen molar-refractivity contribution in [2.75, 3.05) is 5.73 Å². The lowest BCUT2D eigenvalue weighted by Gasteiger charge is -2.18. The lowest BCUT2D eigenvalue weighted by atomic mass is 9.94. The number of amides is 1. The Morgan fingerprint density at radius 3 is 2.19 bits per heavy atom. The molecule has 9 heteroatoms. The van der Waals surface area contributed by atoms with Gasteiger partial charge < -0.3 is 11.5 Å². The second-order valence-corrected chi connectivity index (χ2v) is 7.62. The summed E-state index contributed by atoms with van der Waals surface area (Å²) < 4.78 is 24.6. The second-order valence-electron chi connectivity index (χ2n) is 5.73. The normalized spacial score (nSPS) is 11.3. The number of sulfonamides is 1. The molecule has 1 heterocycles. The van der Waals surface area contributed by atoms with E-state index in [9.17, 15) is 13.2 Å². The number of primary sulfonamides is 1. The third-order valence-electron chi connectivity index (χ3n) is 3.97. The fraction of sp³-hybridized carbons (Fsp3) is 0. The molecule has 0 spiro atoms. The van der Waals surface area contributed by atoms with Crippen molar-refractivity contribution in [3.05, 3.63) is 65.4 Å². The summed E-state index contributed by atoms with van der Waals surface area (Å²) >= 11 is 5.81. The first-order valence-corrected chi connectivity index (χ1v) is 9.59. The zero-order chi connectivity index (χ0) is 19.8. The quantitative estimate of drug-likeness (QED) is 0.453. The van der Waals surface area contributed by atoms with Gasteiger partial charge in [-0.2, -0.15) is 0 Å². The summed E-state index contributed by atoms with van der Waals surface area (Å²) in [6.07, 6.45) is 1.38. The lowest BCUT2D eigenvalue weighted by molar-refractivity contribution is 0.0998. The largest absolute Gasteiger partial charge is 0.398 e. The van der Waals surface area contributed by atoms with E-state index >= 15 is 0 Å². The molecule has 0 saturated carbocycles. The maximum absolute atomic E-state index is 12.3. The molecule has 1 amide bonds. The van der Waals surface area contributed by atoms with Gasteiger partial charge in [0, 0.05) is 22.9 Å². The van der Waals surface area contributed by atoms with E-state index < -0.39 is 20.8 Å². The van der Waals surface area contributed by atoms with Crippen molar-refractivity contribution in [3.8, 4) is 22.3 Å². The molecule has 3 rings (SSSR count). The molecule has 0 saturated heterocycles. The maximum atomic E-state index is 12.3. The first-order chi connectivity index (χ1) is 12.7. The first kappa shape index (κ1) is 18.8. The van der Waals surface area contributed by atoms with Gasteiger partial charge >= 0.3 is 0 Å². The van der Waals surface area contributed by atoms with Crippen LogP contribution in [-0.2, 0) is 10.0 Å². The van der Waals surface area contributed by atoms with Gasteiger partial charge in [0.15, 0.2) is 0 Å². The Hall–Kier alpha value is -2.94. The second kappa shape index (κ2) is 6.99. The number of nitrogens with two attached hydrogens (primary N) is 3. The molecule has 2 aromatic carbocycles. The molecule has 0 unspecified atom stereocenters. The highest BCUT2D eigenvalue weighted by molar-refractivity contribution is 7.89. The van der Waals surface area contributed by atoms with Gasteiger partial charge in [-0.3, -0.25) is 4.79 Å². The predicted molar refractivity (Wildman–Crippen MR) is 104 cm³/mol. The van der Waals surface area contributed by atoms with Crippen molar-refractivity contribution < 1.29 is 13.2 Å². The minimum Gasteiger partial charge on any atom is -0.398 e. The van der Waals surface area contributed by atoms with Crippen LogP contribution >= 0.6 is 11.6 Å². The molecular formula is C18H15ClN4O3S. The predicted octanol–water partition coefficient (Wildman–Crippen LogP) is 2.40. The number of anilines is 1. The van der Waals surface area contributed by atoms with Crippen molar-refractivity contribution in [1.29, 1.82) is 0 Å². The van der Waals surface area contributed by atoms with Crippen LogP contribution in [0.4, 0.5) is 5.69 Å². The van der Waals surface area contributed by atoms with Crippen molar-refractivity contribution in [2.24, 2.45) is 10.9 Å². The van der Waals surface area contributed by atoms with Crippen LogP contribution in [0.5, 0.6) is 0 Å². The molecule has 0 atom stereocenters. The molecule has 0 bridgehead atoms. The number of aromatic nitrogens is 1. The molecule has 7 nitrogen and oxygen atoms in total. The fourth-order valence-corrected chi connectivity index (χ4v) is 3.92. The Labute approximate surface area is 160 Å². The van der Waals surface area contributed by atoms with Crippen LogP contribution in [0.1, 0.15) is 10.4 Å². The van der Waals surface area contributed by atoms with Gasteiger partial charge in [0.05, 0.1) is 11.3 Å². The highest BCUT2D eigenvalue weighted by atomic mass is 35.5. The van der Waals surface area contributed by atoms with Crippen LogP contribution in [0.15, 0.2) is 59.6 Å². The summed E-state index contributed by atoms with van der Waals surface area (Å²) in [5.41, 5.74) is 12.8. The van der Waals surface area contributed by atoms with Gasteiger partial charge in [0.1, 0.15) is 10.0 Å². The molecule has 6 N–H and O–H groups in total. The van der Waals surface area contributed by atoms with Crippen LogP contribution in [0.3, 0.4) is 0 Å². The molecule has 27 heavy (non-hydrogen) atoms. The minimum atomic E-state index is -4.33. The minimum absolute atomic E-state index is 0.0663. The summed E-state index contributed by atoms with van der Waals surface area (Å²) in [7, 11) is -4.33. The molecule has 0 aliphatic rings. The van der Waals surface area contributed by atoms with Crippen LogP contribution < -0.4 is 16.6 Å². The molecule has 3 aromatic rings. The number of halogens is 1. The lowest BCUT2D eigenvalue weighted by Crippen LogP contribution is -2.23. The zero-order valence-electron chi connectivity index (χ0n) is 13.9. The molecule has 138 valence electrons. The van der Waals surface area contributed by atoms with Crippen molar-refractivity contribution in [3.63, 3.8) is 0 Å². The molecule has 0 aliphatic heterocycles. The van der Waals surface area contributed by atoms with Crippen LogP contribution in [0.25, 0.3) is 22.3 Å². The van der Waals surface area contributed by atoms with E-state index in [2.05, 4.69) is 4.98 Å².